The summed E-state index contributed by atoms with van der Waals surface area (Å²) in [6, 6.07) is 0. The largest absolute Gasteiger partial charge is 0.463 e. The Morgan fingerprint density at radius 2 is 1.23 bits per heavy atom. The zero-order valence-corrected chi connectivity index (χ0v) is 20.1. The first-order valence-electron chi connectivity index (χ1n) is 10.9. The van der Waals surface area contributed by atoms with Gasteiger partial charge in [-0.15, -0.1) is 0 Å². The molecule has 0 aromatic rings. The van der Waals surface area contributed by atoms with E-state index in [2.05, 4.69) is 0 Å². The van der Waals surface area contributed by atoms with E-state index in [9.17, 15) is 24.0 Å². The highest BCUT2D eigenvalue weighted by Gasteiger charge is 2.53. The van der Waals surface area contributed by atoms with Crippen molar-refractivity contribution in [3.8, 4) is 0 Å². The summed E-state index contributed by atoms with van der Waals surface area (Å²) in [5.74, 6) is -3.41. The fourth-order valence-electron chi connectivity index (χ4n) is 3.52. The van der Waals surface area contributed by atoms with Crippen LogP contribution in [-0.4, -0.2) is 92.6 Å². The van der Waals surface area contributed by atoms with Crippen molar-refractivity contribution in [2.24, 2.45) is 0 Å². The smallest absolute Gasteiger partial charge is 0.303 e. The number of carbonyl (C=O) groups excluding carboxylic acids is 5. The monoisotopic (exact) mass is 502 g/mol. The van der Waals surface area contributed by atoms with Crippen molar-refractivity contribution in [1.29, 1.82) is 0 Å². The van der Waals surface area contributed by atoms with Gasteiger partial charge in [-0.1, -0.05) is 12.2 Å². The normalized spacial score (nSPS) is 30.0. The van der Waals surface area contributed by atoms with Gasteiger partial charge in [0.1, 0.15) is 31.5 Å². The minimum absolute atomic E-state index is 0.129. The fraction of sp³-hybridized carbons (Fsp3) is 0.682. The Balaban J connectivity index is 2.39. The summed E-state index contributed by atoms with van der Waals surface area (Å²) < 4.78 is 43.6. The molecule has 0 spiro atoms. The van der Waals surface area contributed by atoms with Crippen LogP contribution in [0.1, 0.15) is 34.6 Å². The number of ether oxygens (including phenoxy) is 8. The molecule has 0 radical (unpaired) electrons. The van der Waals surface area contributed by atoms with Crippen LogP contribution in [0.25, 0.3) is 0 Å². The molecule has 0 aliphatic carbocycles. The maximum Gasteiger partial charge on any atom is 0.303 e. The van der Waals surface area contributed by atoms with Gasteiger partial charge >= 0.3 is 29.8 Å². The minimum Gasteiger partial charge on any atom is -0.463 e. The van der Waals surface area contributed by atoms with Gasteiger partial charge in [-0.05, 0) is 0 Å². The average Bonchev–Trinajstić information content (AvgIpc) is 2.74. The molecule has 13 heteroatoms. The highest BCUT2D eigenvalue weighted by Crippen LogP contribution is 2.31. The first-order valence-corrected chi connectivity index (χ1v) is 10.9. The molecule has 2 heterocycles. The van der Waals surface area contributed by atoms with Gasteiger partial charge < -0.3 is 37.9 Å². The first kappa shape index (κ1) is 28.2. The van der Waals surface area contributed by atoms with Crippen LogP contribution < -0.4 is 0 Å². The van der Waals surface area contributed by atoms with Crippen molar-refractivity contribution in [2.45, 2.75) is 77.5 Å². The molecule has 35 heavy (non-hydrogen) atoms. The predicted molar refractivity (Wildman–Crippen MR) is 112 cm³/mol. The van der Waals surface area contributed by atoms with E-state index >= 15 is 0 Å². The quantitative estimate of drug-likeness (QED) is 0.235. The van der Waals surface area contributed by atoms with E-state index < -0.39 is 72.8 Å². The van der Waals surface area contributed by atoms with E-state index in [0.29, 0.717) is 0 Å². The molecular weight excluding hydrogens is 472 g/mol. The molecule has 13 nitrogen and oxygen atoms in total. The van der Waals surface area contributed by atoms with E-state index in [1.807, 2.05) is 0 Å². The van der Waals surface area contributed by atoms with E-state index in [4.69, 9.17) is 37.9 Å². The average molecular weight is 502 g/mol. The molecule has 0 N–H and O–H groups in total. The van der Waals surface area contributed by atoms with Gasteiger partial charge in [0.15, 0.2) is 24.6 Å². The van der Waals surface area contributed by atoms with Crippen molar-refractivity contribution in [3.63, 3.8) is 0 Å². The minimum atomic E-state index is -1.38. The maximum absolute atomic E-state index is 11.9. The summed E-state index contributed by atoms with van der Waals surface area (Å²) in [6.07, 6.45) is -4.81. The Morgan fingerprint density at radius 1 is 0.714 bits per heavy atom. The number of esters is 5. The third-order valence-corrected chi connectivity index (χ3v) is 4.79. The first-order chi connectivity index (χ1) is 16.5. The standard InChI is InChI=1S/C22H30O13/c1-11(23)29-9-17-16(7-6-8-28-17)34-22-21(33-15(5)27)20(32-14(4)26)19(31-13(3)25)18(35-22)10-30-12(2)24/h6-7,16-22H,8-10H2,1-5H3/t16-,17+,18-,19-,20+,21-,22+/m1/s1. The molecule has 2 rings (SSSR count). The summed E-state index contributed by atoms with van der Waals surface area (Å²) in [5.41, 5.74) is 0. The molecule has 1 fully saturated rings. The van der Waals surface area contributed by atoms with Gasteiger partial charge in [-0.2, -0.15) is 0 Å². The van der Waals surface area contributed by atoms with E-state index in [-0.39, 0.29) is 19.8 Å². The maximum atomic E-state index is 11.9. The van der Waals surface area contributed by atoms with Crippen molar-refractivity contribution in [3.05, 3.63) is 12.2 Å². The Labute approximate surface area is 201 Å². The Hall–Kier alpha value is -3.03. The van der Waals surface area contributed by atoms with Crippen LogP contribution in [0.2, 0.25) is 0 Å². The van der Waals surface area contributed by atoms with Crippen molar-refractivity contribution >= 4 is 29.8 Å². The van der Waals surface area contributed by atoms with E-state index in [0.717, 1.165) is 20.8 Å². The number of hydrogen-bond acceptors (Lipinski definition) is 13. The van der Waals surface area contributed by atoms with Crippen molar-refractivity contribution < 1.29 is 61.9 Å². The lowest BCUT2D eigenvalue weighted by Crippen LogP contribution is -2.63. The second-order valence-corrected chi connectivity index (χ2v) is 7.77. The molecule has 0 amide bonds. The summed E-state index contributed by atoms with van der Waals surface area (Å²) >= 11 is 0. The van der Waals surface area contributed by atoms with Crippen LogP contribution in [0.5, 0.6) is 0 Å². The highest BCUT2D eigenvalue weighted by molar-refractivity contribution is 5.68. The molecule has 0 aromatic heterocycles. The van der Waals surface area contributed by atoms with Crippen molar-refractivity contribution in [1.82, 2.24) is 0 Å². The molecule has 7 atom stereocenters. The molecule has 0 aromatic carbocycles. The Morgan fingerprint density at radius 3 is 1.77 bits per heavy atom. The molecule has 1 saturated heterocycles. The molecule has 2 aliphatic heterocycles. The van der Waals surface area contributed by atoms with Crippen molar-refractivity contribution in [2.75, 3.05) is 19.8 Å². The lowest BCUT2D eigenvalue weighted by atomic mass is 9.98. The zero-order chi connectivity index (χ0) is 26.1. The van der Waals surface area contributed by atoms with Gasteiger partial charge in [-0.25, -0.2) is 0 Å². The second kappa shape index (κ2) is 13.2. The van der Waals surface area contributed by atoms with Gasteiger partial charge in [0.2, 0.25) is 0 Å². The lowest BCUT2D eigenvalue weighted by Gasteiger charge is -2.45. The van der Waals surface area contributed by atoms with Gasteiger partial charge in [0, 0.05) is 34.6 Å². The number of carbonyl (C=O) groups is 5. The van der Waals surface area contributed by atoms with E-state index in [1.54, 1.807) is 12.2 Å². The third-order valence-electron chi connectivity index (χ3n) is 4.79. The zero-order valence-electron chi connectivity index (χ0n) is 20.1. The predicted octanol–water partition coefficient (Wildman–Crippen LogP) is -0.0272. The summed E-state index contributed by atoms with van der Waals surface area (Å²) in [4.78, 5) is 58.2. The second-order valence-electron chi connectivity index (χ2n) is 7.77. The Kier molecular flexibility index (Phi) is 10.6. The summed E-state index contributed by atoms with van der Waals surface area (Å²) in [5, 5.41) is 0. The van der Waals surface area contributed by atoms with Gasteiger partial charge in [0.25, 0.3) is 0 Å². The van der Waals surface area contributed by atoms with E-state index in [1.165, 1.54) is 13.8 Å². The fourth-order valence-corrected chi connectivity index (χ4v) is 3.52. The lowest BCUT2D eigenvalue weighted by molar-refractivity contribution is -0.319. The van der Waals surface area contributed by atoms with Gasteiger partial charge in [-0.3, -0.25) is 24.0 Å². The summed E-state index contributed by atoms with van der Waals surface area (Å²) in [7, 11) is 0. The van der Waals surface area contributed by atoms with Crippen LogP contribution >= 0.6 is 0 Å². The van der Waals surface area contributed by atoms with Crippen LogP contribution in [0.15, 0.2) is 12.2 Å². The molecule has 0 bridgehead atoms. The molecule has 0 unspecified atom stereocenters. The SMILES string of the molecule is CC(=O)OC[C@@H]1OCC=C[C@H]1O[C@H]1O[C@H](COC(C)=O)[C@@H](OC(C)=O)[C@H](OC(C)=O)[C@H]1OC(C)=O. The number of rotatable bonds is 9. The third kappa shape index (κ3) is 8.92. The molecule has 2 aliphatic rings. The van der Waals surface area contributed by atoms with Crippen LogP contribution in [0, 0.1) is 0 Å². The van der Waals surface area contributed by atoms with Crippen LogP contribution in [0.3, 0.4) is 0 Å². The van der Waals surface area contributed by atoms with Gasteiger partial charge in [0.05, 0.1) is 6.61 Å². The Bertz CT molecular complexity index is 822. The highest BCUT2D eigenvalue weighted by atomic mass is 16.7. The van der Waals surface area contributed by atoms with Crippen LogP contribution in [0.4, 0.5) is 0 Å². The molecule has 0 saturated carbocycles. The molecular formula is C22H30O13. The summed E-state index contributed by atoms with van der Waals surface area (Å²) in [6.45, 7) is 5.52. The van der Waals surface area contributed by atoms with Crippen LogP contribution in [-0.2, 0) is 61.9 Å². The number of hydrogen-bond donors (Lipinski definition) is 0. The molecule has 196 valence electrons. The topological polar surface area (TPSA) is 159 Å².